The lowest BCUT2D eigenvalue weighted by atomic mass is 9.97. The van der Waals surface area contributed by atoms with E-state index < -0.39 is 5.82 Å². The topological polar surface area (TPSA) is 104 Å². The third-order valence-electron chi connectivity index (χ3n) is 5.80. The van der Waals surface area contributed by atoms with Crippen LogP contribution in [0.4, 0.5) is 16.0 Å². The van der Waals surface area contributed by atoms with E-state index in [1.165, 1.54) is 23.8 Å². The van der Waals surface area contributed by atoms with E-state index in [0.717, 1.165) is 31.6 Å². The molecule has 1 aliphatic heterocycles. The molecule has 1 fully saturated rings. The number of anilines is 2. The van der Waals surface area contributed by atoms with Crippen molar-refractivity contribution in [2.45, 2.75) is 38.7 Å². The summed E-state index contributed by atoms with van der Waals surface area (Å²) in [4.78, 5) is 15.8. The van der Waals surface area contributed by atoms with Crippen LogP contribution in [0.1, 0.15) is 38.4 Å². The van der Waals surface area contributed by atoms with E-state index >= 15 is 0 Å². The van der Waals surface area contributed by atoms with Crippen molar-refractivity contribution >= 4 is 28.2 Å². The van der Waals surface area contributed by atoms with Crippen molar-refractivity contribution in [2.24, 2.45) is 0 Å². The van der Waals surface area contributed by atoms with Gasteiger partial charge in [-0.15, -0.1) is 5.10 Å². The molecule has 1 saturated heterocycles. The van der Waals surface area contributed by atoms with Crippen molar-refractivity contribution in [1.82, 2.24) is 24.6 Å². The molecule has 0 unspecified atom stereocenters. The molecule has 4 aromatic rings. The van der Waals surface area contributed by atoms with Gasteiger partial charge in [0.05, 0.1) is 30.5 Å². The molecule has 0 aliphatic carbocycles. The van der Waals surface area contributed by atoms with Crippen LogP contribution >= 0.6 is 0 Å². The predicted octanol–water partition coefficient (Wildman–Crippen LogP) is 3.57. The lowest BCUT2D eigenvalue weighted by molar-refractivity contribution is 0.232. The van der Waals surface area contributed by atoms with Crippen molar-refractivity contribution in [3.05, 3.63) is 42.1 Å². The molecule has 0 bridgehead atoms. The number of ether oxygens (including phenoxy) is 2. The molecular weight excluding hydrogens is 425 g/mol. The Labute approximate surface area is 190 Å². The third-order valence-corrected chi connectivity index (χ3v) is 5.80. The number of aromatic nitrogens is 5. The average Bonchev–Trinajstić information content (AvgIpc) is 3.26. The van der Waals surface area contributed by atoms with Gasteiger partial charge in [0.1, 0.15) is 17.1 Å². The lowest BCUT2D eigenvalue weighted by Crippen LogP contribution is -2.34. The highest BCUT2D eigenvalue weighted by Gasteiger charge is 2.26. The van der Waals surface area contributed by atoms with Crippen LogP contribution in [0.2, 0.25) is 0 Å². The normalized spacial score (nSPS) is 16.6. The number of nitrogens with two attached hydrogens (primary N) is 1. The Morgan fingerprint density at radius 1 is 1.21 bits per heavy atom. The Bertz CT molecular complexity index is 1310. The zero-order chi connectivity index (χ0) is 23.1. The fraction of sp³-hybridized carbons (Fsp3) is 0.391. The summed E-state index contributed by atoms with van der Waals surface area (Å²) in [5, 5.41) is 5.15. The highest BCUT2D eigenvalue weighted by molar-refractivity contribution is 5.95. The zero-order valence-corrected chi connectivity index (χ0v) is 18.8. The van der Waals surface area contributed by atoms with E-state index in [9.17, 15) is 4.39 Å². The monoisotopic (exact) mass is 451 g/mol. The minimum atomic E-state index is -0.432. The van der Waals surface area contributed by atoms with Crippen LogP contribution < -0.4 is 20.1 Å². The van der Waals surface area contributed by atoms with E-state index in [2.05, 4.69) is 20.0 Å². The van der Waals surface area contributed by atoms with Gasteiger partial charge >= 0.3 is 0 Å². The fourth-order valence-corrected chi connectivity index (χ4v) is 4.31. The molecule has 0 amide bonds. The van der Waals surface area contributed by atoms with E-state index in [1.54, 1.807) is 0 Å². The summed E-state index contributed by atoms with van der Waals surface area (Å²) in [5.41, 5.74) is 8.12. The molecule has 1 atom stereocenters. The summed E-state index contributed by atoms with van der Waals surface area (Å²) in [6.07, 6.45) is 3.84. The highest BCUT2D eigenvalue weighted by Crippen LogP contribution is 2.32. The zero-order valence-electron chi connectivity index (χ0n) is 18.8. The van der Waals surface area contributed by atoms with E-state index in [-0.39, 0.29) is 18.0 Å². The van der Waals surface area contributed by atoms with Crippen LogP contribution in [0.3, 0.4) is 0 Å². The molecule has 1 aliphatic rings. The van der Waals surface area contributed by atoms with Gasteiger partial charge in [-0.1, -0.05) is 0 Å². The second-order valence-corrected chi connectivity index (χ2v) is 8.49. The molecule has 3 aromatic heterocycles. The molecule has 10 heteroatoms. The first-order valence-corrected chi connectivity index (χ1v) is 11.0. The van der Waals surface area contributed by atoms with Crippen molar-refractivity contribution in [2.75, 3.05) is 30.8 Å². The first-order valence-electron chi connectivity index (χ1n) is 11.0. The SMILES string of the molecule is COc1cc(F)cc2c1nc(N)n1nc([C@@H]3CCCN(c4ccc(OC(C)C)nc4)C3)nc21. The summed E-state index contributed by atoms with van der Waals surface area (Å²) in [7, 11) is 1.47. The van der Waals surface area contributed by atoms with Gasteiger partial charge in [-0.3, -0.25) is 0 Å². The highest BCUT2D eigenvalue weighted by atomic mass is 19.1. The maximum absolute atomic E-state index is 14.2. The van der Waals surface area contributed by atoms with Gasteiger partial charge in [0.15, 0.2) is 11.5 Å². The van der Waals surface area contributed by atoms with E-state index in [1.807, 2.05) is 32.2 Å². The Kier molecular flexibility index (Phi) is 5.35. The molecule has 0 radical (unpaired) electrons. The summed E-state index contributed by atoms with van der Waals surface area (Å²) in [6, 6.07) is 6.59. The second kappa shape index (κ2) is 8.34. The van der Waals surface area contributed by atoms with E-state index in [0.29, 0.717) is 34.0 Å². The molecule has 2 N–H and O–H groups in total. The van der Waals surface area contributed by atoms with Gasteiger partial charge in [0.2, 0.25) is 11.8 Å². The quantitative estimate of drug-likeness (QED) is 0.491. The van der Waals surface area contributed by atoms with Crippen LogP contribution in [0.15, 0.2) is 30.5 Å². The van der Waals surface area contributed by atoms with Gasteiger partial charge in [0.25, 0.3) is 0 Å². The minimum Gasteiger partial charge on any atom is -0.494 e. The molecule has 1 aromatic carbocycles. The minimum absolute atomic E-state index is 0.0790. The standard InChI is InChI=1S/C23H26FN7O2/c1-13(2)33-19-7-6-16(11-26-19)30-8-4-5-14(12-30)21-28-22-17-9-15(24)10-18(32-3)20(17)27-23(25)31(22)29-21/h6-7,9-11,13-14H,4-5,8,12H2,1-3H3,(H2,25,27)/t14-/m1/s1. The summed E-state index contributed by atoms with van der Waals surface area (Å²) >= 11 is 0. The van der Waals surface area contributed by atoms with Gasteiger partial charge in [-0.05, 0) is 38.8 Å². The van der Waals surface area contributed by atoms with Gasteiger partial charge in [0, 0.05) is 31.1 Å². The van der Waals surface area contributed by atoms with Crippen molar-refractivity contribution in [3.8, 4) is 11.6 Å². The second-order valence-electron chi connectivity index (χ2n) is 8.49. The molecule has 0 spiro atoms. The maximum atomic E-state index is 14.2. The smallest absolute Gasteiger partial charge is 0.223 e. The fourth-order valence-electron chi connectivity index (χ4n) is 4.31. The van der Waals surface area contributed by atoms with Crippen LogP contribution in [0.25, 0.3) is 16.6 Å². The molecule has 5 rings (SSSR count). The Morgan fingerprint density at radius 3 is 2.79 bits per heavy atom. The summed E-state index contributed by atoms with van der Waals surface area (Å²) < 4.78 is 26.6. The predicted molar refractivity (Wildman–Crippen MR) is 123 cm³/mol. The van der Waals surface area contributed by atoms with E-state index in [4.69, 9.17) is 20.2 Å². The number of nitrogen functional groups attached to an aromatic ring is 1. The maximum Gasteiger partial charge on any atom is 0.223 e. The first kappa shape index (κ1) is 21.2. The first-order chi connectivity index (χ1) is 15.9. The van der Waals surface area contributed by atoms with Gasteiger partial charge in [-0.25, -0.2) is 19.3 Å². The van der Waals surface area contributed by atoms with Gasteiger partial charge < -0.3 is 20.1 Å². The number of rotatable bonds is 5. The third kappa shape index (κ3) is 3.96. The lowest BCUT2D eigenvalue weighted by Gasteiger charge is -2.33. The molecule has 4 heterocycles. The number of hydrogen-bond acceptors (Lipinski definition) is 8. The largest absolute Gasteiger partial charge is 0.494 e. The number of hydrogen-bond donors (Lipinski definition) is 1. The van der Waals surface area contributed by atoms with Crippen LogP contribution in [-0.2, 0) is 0 Å². The number of halogens is 1. The molecule has 33 heavy (non-hydrogen) atoms. The summed E-state index contributed by atoms with van der Waals surface area (Å²) in [5.74, 6) is 1.43. The van der Waals surface area contributed by atoms with Crippen LogP contribution in [-0.4, -0.2) is 50.9 Å². The van der Waals surface area contributed by atoms with Crippen molar-refractivity contribution in [3.63, 3.8) is 0 Å². The number of fused-ring (bicyclic) bond motifs is 3. The van der Waals surface area contributed by atoms with Crippen molar-refractivity contribution in [1.29, 1.82) is 0 Å². The summed E-state index contributed by atoms with van der Waals surface area (Å²) in [6.45, 7) is 5.61. The number of piperidine rings is 1. The number of pyridine rings is 1. The molecule has 0 saturated carbocycles. The average molecular weight is 452 g/mol. The van der Waals surface area contributed by atoms with Crippen LogP contribution in [0, 0.1) is 5.82 Å². The number of methoxy groups -OCH3 is 1. The van der Waals surface area contributed by atoms with Gasteiger partial charge in [-0.2, -0.15) is 4.52 Å². The van der Waals surface area contributed by atoms with Crippen molar-refractivity contribution < 1.29 is 13.9 Å². The number of nitrogens with zero attached hydrogens (tertiary/aromatic N) is 6. The Morgan fingerprint density at radius 2 is 2.06 bits per heavy atom. The Hall–Kier alpha value is -3.69. The van der Waals surface area contributed by atoms with Crippen LogP contribution in [0.5, 0.6) is 11.6 Å². The molecular formula is C23H26FN7O2. The Balaban J connectivity index is 1.47. The molecule has 9 nitrogen and oxygen atoms in total. The molecule has 172 valence electrons. The number of benzene rings is 1.